The Balaban J connectivity index is 1.43. The maximum Gasteiger partial charge on any atom is 0.309 e. The third-order valence-electron chi connectivity index (χ3n) is 14.6. The van der Waals surface area contributed by atoms with Crippen LogP contribution in [-0.2, 0) is 19.1 Å². The third kappa shape index (κ3) is 4.18. The predicted molar refractivity (Wildman–Crippen MR) is 158 cm³/mol. The Bertz CT molecular complexity index is 1130. The molecular weight excluding hydrogens is 516 g/mol. The van der Waals surface area contributed by atoms with Gasteiger partial charge in [0.15, 0.2) is 0 Å². The average Bonchev–Trinajstić information content (AvgIpc) is 3.27. The van der Waals surface area contributed by atoms with Gasteiger partial charge in [0.2, 0.25) is 0 Å². The number of esters is 1. The molecule has 0 saturated heterocycles. The first kappa shape index (κ1) is 30.6. The zero-order valence-corrected chi connectivity index (χ0v) is 26.6. The summed E-state index contributed by atoms with van der Waals surface area (Å²) in [6.45, 7) is 20.1. The molecule has 0 amide bonds. The van der Waals surface area contributed by atoms with Crippen LogP contribution in [-0.4, -0.2) is 34.2 Å². The van der Waals surface area contributed by atoms with Crippen molar-refractivity contribution in [3.63, 3.8) is 0 Å². The molecule has 5 saturated carbocycles. The summed E-state index contributed by atoms with van der Waals surface area (Å²) in [5.74, 6) is -0.858. The number of allylic oxidation sites excluding steroid dienone is 1. The van der Waals surface area contributed by atoms with Gasteiger partial charge in [-0.2, -0.15) is 0 Å². The van der Waals surface area contributed by atoms with Crippen molar-refractivity contribution in [1.29, 1.82) is 0 Å². The van der Waals surface area contributed by atoms with E-state index in [0.717, 1.165) is 69.8 Å². The molecule has 2 N–H and O–H groups in total. The average molecular weight is 571 g/mol. The van der Waals surface area contributed by atoms with Crippen molar-refractivity contribution in [2.45, 2.75) is 125 Å². The number of hydrogen-bond acceptors (Lipinski definition) is 4. The van der Waals surface area contributed by atoms with Gasteiger partial charge in [0.1, 0.15) is 6.10 Å². The standard InChI is InChI=1S/C35H54O6/c1-20(2)22-11-16-35(30(39)40)18-17-33(7)23(28(22)35)9-10-25-32(6)14-13-26(41-27(36)19-21(3)29(37)38)31(4,5)24(32)12-15-34(25,33)8/h21-26,28H,1,9-19H2,2-8H3,(H,37,38)(H,39,40)/t21?,22-,23+,24-,25+,26-,28+,32-,33+,34+,35-/m0/s1. The molecule has 41 heavy (non-hydrogen) atoms. The Morgan fingerprint density at radius 2 is 1.54 bits per heavy atom. The molecule has 6 nitrogen and oxygen atoms in total. The van der Waals surface area contributed by atoms with Crippen molar-refractivity contribution in [1.82, 2.24) is 0 Å². The second-order valence-electron chi connectivity index (χ2n) is 16.4. The van der Waals surface area contributed by atoms with Gasteiger partial charge >= 0.3 is 17.9 Å². The fourth-order valence-corrected chi connectivity index (χ4v) is 12.2. The van der Waals surface area contributed by atoms with Crippen LogP contribution in [0.3, 0.4) is 0 Å². The van der Waals surface area contributed by atoms with E-state index >= 15 is 0 Å². The summed E-state index contributed by atoms with van der Waals surface area (Å²) in [6.07, 6.45) is 9.46. The molecule has 6 heteroatoms. The summed E-state index contributed by atoms with van der Waals surface area (Å²) >= 11 is 0. The smallest absolute Gasteiger partial charge is 0.309 e. The highest BCUT2D eigenvalue weighted by Crippen LogP contribution is 2.77. The van der Waals surface area contributed by atoms with Gasteiger partial charge < -0.3 is 14.9 Å². The predicted octanol–water partition coefficient (Wildman–Crippen LogP) is 7.75. The van der Waals surface area contributed by atoms with E-state index < -0.39 is 29.2 Å². The Morgan fingerprint density at radius 1 is 0.854 bits per heavy atom. The van der Waals surface area contributed by atoms with Crippen molar-refractivity contribution in [2.24, 2.45) is 62.6 Å². The number of rotatable bonds is 6. The van der Waals surface area contributed by atoms with Gasteiger partial charge in [-0.05, 0) is 117 Å². The number of carboxylic acids is 2. The quantitative estimate of drug-likeness (QED) is 0.250. The molecule has 1 unspecified atom stereocenters. The van der Waals surface area contributed by atoms with Crippen molar-refractivity contribution in [2.75, 3.05) is 0 Å². The SMILES string of the molecule is C=C(C)[C@@H]1CC[C@]2(C(=O)O)CC[C@]3(C)[C@H](CC[C@@H]4[C@@]5(C)CC[C@H](OC(=O)CC(C)C(=O)O)C(C)(C)[C@@H]5CC[C@]43C)[C@@H]12. The van der Waals surface area contributed by atoms with Crippen LogP contribution in [0.15, 0.2) is 12.2 Å². The van der Waals surface area contributed by atoms with E-state index in [4.69, 9.17) is 4.74 Å². The summed E-state index contributed by atoms with van der Waals surface area (Å²) in [5, 5.41) is 19.8. The Labute approximate surface area is 247 Å². The minimum atomic E-state index is -0.969. The minimum Gasteiger partial charge on any atom is -0.481 e. The largest absolute Gasteiger partial charge is 0.481 e. The van der Waals surface area contributed by atoms with Gasteiger partial charge in [-0.25, -0.2) is 0 Å². The lowest BCUT2D eigenvalue weighted by Gasteiger charge is -2.72. The first-order chi connectivity index (χ1) is 19.0. The Kier molecular flexibility index (Phi) is 7.34. The molecule has 11 atom stereocenters. The van der Waals surface area contributed by atoms with E-state index in [-0.39, 0.29) is 40.1 Å². The van der Waals surface area contributed by atoms with Crippen molar-refractivity contribution >= 4 is 17.9 Å². The summed E-state index contributed by atoms with van der Waals surface area (Å²) in [7, 11) is 0. The zero-order valence-electron chi connectivity index (χ0n) is 26.6. The second-order valence-corrected chi connectivity index (χ2v) is 16.4. The highest BCUT2D eigenvalue weighted by Gasteiger charge is 2.72. The van der Waals surface area contributed by atoms with Crippen LogP contribution in [0.2, 0.25) is 0 Å². The molecule has 0 radical (unpaired) electrons. The molecule has 5 aliphatic carbocycles. The fourth-order valence-electron chi connectivity index (χ4n) is 12.2. The normalized spacial score (nSPS) is 47.1. The minimum absolute atomic E-state index is 0.0888. The van der Waals surface area contributed by atoms with Crippen LogP contribution in [0.25, 0.3) is 0 Å². The molecule has 0 spiro atoms. The van der Waals surface area contributed by atoms with Crippen LogP contribution < -0.4 is 0 Å². The summed E-state index contributed by atoms with van der Waals surface area (Å²) in [6, 6.07) is 0. The van der Waals surface area contributed by atoms with Crippen LogP contribution in [0.4, 0.5) is 0 Å². The number of carbonyl (C=O) groups is 3. The van der Waals surface area contributed by atoms with E-state index in [1.165, 1.54) is 0 Å². The second kappa shape index (κ2) is 9.84. The number of carbonyl (C=O) groups excluding carboxylic acids is 1. The van der Waals surface area contributed by atoms with Gasteiger partial charge in [-0.1, -0.05) is 53.7 Å². The molecule has 0 bridgehead atoms. The Hall–Kier alpha value is -1.85. The van der Waals surface area contributed by atoms with Gasteiger partial charge in [-0.3, -0.25) is 14.4 Å². The van der Waals surface area contributed by atoms with Crippen molar-refractivity contribution < 1.29 is 29.3 Å². The third-order valence-corrected chi connectivity index (χ3v) is 14.6. The van der Waals surface area contributed by atoms with E-state index in [0.29, 0.717) is 23.7 Å². The topological polar surface area (TPSA) is 101 Å². The molecule has 0 heterocycles. The number of hydrogen-bond donors (Lipinski definition) is 2. The number of carboxylic acid groups (broad SMARTS) is 2. The summed E-state index contributed by atoms with van der Waals surface area (Å²) < 4.78 is 6.04. The van der Waals surface area contributed by atoms with E-state index in [1.807, 2.05) is 0 Å². The number of fused-ring (bicyclic) bond motifs is 7. The number of ether oxygens (including phenoxy) is 1. The van der Waals surface area contributed by atoms with E-state index in [2.05, 4.69) is 48.1 Å². The molecule has 0 aromatic carbocycles. The zero-order chi connectivity index (χ0) is 30.3. The first-order valence-corrected chi connectivity index (χ1v) is 16.3. The molecule has 5 fully saturated rings. The van der Waals surface area contributed by atoms with E-state index in [1.54, 1.807) is 6.92 Å². The molecule has 5 rings (SSSR count). The van der Waals surface area contributed by atoms with E-state index in [9.17, 15) is 24.6 Å². The fraction of sp³-hybridized carbons (Fsp3) is 0.857. The van der Waals surface area contributed by atoms with Crippen molar-refractivity contribution in [3.05, 3.63) is 12.2 Å². The highest BCUT2D eigenvalue weighted by molar-refractivity contribution is 5.78. The number of aliphatic carboxylic acids is 2. The van der Waals surface area contributed by atoms with Crippen LogP contribution in [0, 0.1) is 62.6 Å². The maximum atomic E-state index is 12.9. The lowest BCUT2D eigenvalue weighted by molar-refractivity contribution is -0.250. The van der Waals surface area contributed by atoms with Gasteiger partial charge in [-0.15, -0.1) is 0 Å². The van der Waals surface area contributed by atoms with Crippen LogP contribution >= 0.6 is 0 Å². The van der Waals surface area contributed by atoms with Crippen LogP contribution in [0.5, 0.6) is 0 Å². The molecule has 5 aliphatic rings. The van der Waals surface area contributed by atoms with Gasteiger partial charge in [0.05, 0.1) is 17.8 Å². The maximum absolute atomic E-state index is 12.9. The molecule has 0 aromatic rings. The molecule has 0 aliphatic heterocycles. The molecule has 230 valence electrons. The first-order valence-electron chi connectivity index (χ1n) is 16.3. The van der Waals surface area contributed by atoms with Crippen molar-refractivity contribution in [3.8, 4) is 0 Å². The summed E-state index contributed by atoms with van der Waals surface area (Å²) in [4.78, 5) is 36.9. The lowest BCUT2D eigenvalue weighted by Crippen LogP contribution is -2.67. The Morgan fingerprint density at radius 3 is 2.15 bits per heavy atom. The summed E-state index contributed by atoms with van der Waals surface area (Å²) in [5.41, 5.74) is 0.705. The van der Waals surface area contributed by atoms with Gasteiger partial charge in [0, 0.05) is 5.41 Å². The molecular formula is C35H54O6. The van der Waals surface area contributed by atoms with Gasteiger partial charge in [0.25, 0.3) is 0 Å². The lowest BCUT2D eigenvalue weighted by atomic mass is 9.32. The highest BCUT2D eigenvalue weighted by atomic mass is 16.5. The molecule has 0 aromatic heterocycles. The van der Waals surface area contributed by atoms with Crippen LogP contribution in [0.1, 0.15) is 119 Å². The monoisotopic (exact) mass is 570 g/mol.